The summed E-state index contributed by atoms with van der Waals surface area (Å²) in [5.74, 6) is 0.162. The molecule has 0 aliphatic carbocycles. The number of benzene rings is 1. The van der Waals surface area contributed by atoms with Crippen LogP contribution in [0.15, 0.2) is 24.3 Å². The normalized spacial score (nSPS) is 11.9. The molecule has 0 bridgehead atoms. The summed E-state index contributed by atoms with van der Waals surface area (Å²) in [6.07, 6.45) is 12.4. The Morgan fingerprint density at radius 1 is 0.909 bits per heavy atom. The Labute approximate surface area is 200 Å². The fourth-order valence-electron chi connectivity index (χ4n) is 3.54. The van der Waals surface area contributed by atoms with Crippen molar-refractivity contribution in [2.24, 2.45) is 0 Å². The third-order valence-corrected chi connectivity index (χ3v) is 6.26. The fourth-order valence-corrected chi connectivity index (χ4v) is 4.11. The first-order valence-corrected chi connectivity index (χ1v) is 13.9. The molecule has 0 atom stereocenters. The predicted octanol–water partition coefficient (Wildman–Crippen LogP) is 6.98. The summed E-state index contributed by atoms with van der Waals surface area (Å²) in [5, 5.41) is 3.15. The number of unbranched alkanes of at least 4 members (excludes halogenated alkanes) is 9. The molecule has 8 heteroatoms. The average molecular weight is 486 g/mol. The molecule has 1 aromatic rings. The van der Waals surface area contributed by atoms with E-state index in [2.05, 4.69) is 12.2 Å². The van der Waals surface area contributed by atoms with Gasteiger partial charge in [0.15, 0.2) is 0 Å². The molecule has 7 nitrogen and oxygen atoms in total. The van der Waals surface area contributed by atoms with Crippen molar-refractivity contribution in [3.63, 3.8) is 0 Å². The van der Waals surface area contributed by atoms with Crippen LogP contribution in [0.1, 0.15) is 97.8 Å². The second-order valence-electron chi connectivity index (χ2n) is 9.24. The molecule has 1 rings (SSSR count). The van der Waals surface area contributed by atoms with E-state index in [4.69, 9.17) is 14.0 Å². The molecule has 2 N–H and O–H groups in total. The molecule has 1 aromatic carbocycles. The summed E-state index contributed by atoms with van der Waals surface area (Å²) >= 11 is 0. The van der Waals surface area contributed by atoms with Crippen LogP contribution in [0.4, 0.5) is 10.5 Å². The number of hydrogen-bond acceptors (Lipinski definition) is 6. The van der Waals surface area contributed by atoms with Gasteiger partial charge < -0.3 is 14.8 Å². The van der Waals surface area contributed by atoms with Gasteiger partial charge in [0.1, 0.15) is 11.4 Å². The predicted molar refractivity (Wildman–Crippen MR) is 134 cm³/mol. The maximum absolute atomic E-state index is 12.2. The van der Waals surface area contributed by atoms with Crippen molar-refractivity contribution in [1.29, 1.82) is 0 Å². The van der Waals surface area contributed by atoms with Gasteiger partial charge >= 0.3 is 6.16 Å². The molecule has 33 heavy (non-hydrogen) atoms. The molecule has 0 amide bonds. The first kappa shape index (κ1) is 29.2. The van der Waals surface area contributed by atoms with Crippen LogP contribution in [0.3, 0.4) is 0 Å². The van der Waals surface area contributed by atoms with Crippen LogP contribution < -0.4 is 10.1 Å². The van der Waals surface area contributed by atoms with Crippen molar-refractivity contribution < 1.29 is 27.2 Å². The van der Waals surface area contributed by atoms with Crippen molar-refractivity contribution >= 4 is 22.0 Å². The van der Waals surface area contributed by atoms with Crippen molar-refractivity contribution in [3.8, 4) is 5.75 Å². The van der Waals surface area contributed by atoms with Gasteiger partial charge in [-0.25, -0.2) is 4.79 Å². The van der Waals surface area contributed by atoms with Crippen molar-refractivity contribution in [2.75, 3.05) is 17.6 Å². The third-order valence-electron chi connectivity index (χ3n) is 5.46. The summed E-state index contributed by atoms with van der Waals surface area (Å²) in [6, 6.07) is 6.90. The van der Waals surface area contributed by atoms with E-state index in [0.29, 0.717) is 25.1 Å². The molecule has 0 aliphatic rings. The number of ether oxygens (including phenoxy) is 2. The number of carbonyl (C=O) groups is 1. The Morgan fingerprint density at radius 3 is 2.06 bits per heavy atom. The van der Waals surface area contributed by atoms with E-state index in [1.807, 2.05) is 13.8 Å². The lowest BCUT2D eigenvalue weighted by Crippen LogP contribution is -2.29. The van der Waals surface area contributed by atoms with Crippen LogP contribution in [-0.2, 0) is 14.9 Å². The molecule has 0 aliphatic heterocycles. The van der Waals surface area contributed by atoms with E-state index < -0.39 is 21.9 Å². The molecule has 0 unspecified atom stereocenters. The molecule has 0 fully saturated rings. The highest BCUT2D eigenvalue weighted by molar-refractivity contribution is 7.85. The van der Waals surface area contributed by atoms with Gasteiger partial charge in [-0.15, -0.1) is 0 Å². The zero-order valence-corrected chi connectivity index (χ0v) is 21.4. The van der Waals surface area contributed by atoms with E-state index in [-0.39, 0.29) is 5.75 Å². The lowest BCUT2D eigenvalue weighted by molar-refractivity contribution is 0.00275. The SMILES string of the molecule is CCCCCCCCCCCC(C)(C)OC(=O)Oc1ccc(NCCCCS(=O)(=O)O)cc1. The summed E-state index contributed by atoms with van der Waals surface area (Å²) in [4.78, 5) is 12.2. The van der Waals surface area contributed by atoms with Crippen LogP contribution in [0.25, 0.3) is 0 Å². The van der Waals surface area contributed by atoms with Crippen LogP contribution in [0, 0.1) is 0 Å². The third kappa shape index (κ3) is 16.5. The lowest BCUT2D eigenvalue weighted by atomic mass is 9.99. The number of rotatable bonds is 18. The van der Waals surface area contributed by atoms with Gasteiger partial charge in [0.25, 0.3) is 10.1 Å². The minimum absolute atomic E-state index is 0.237. The van der Waals surface area contributed by atoms with E-state index in [1.165, 1.54) is 44.9 Å². The Bertz CT molecular complexity index is 762. The lowest BCUT2D eigenvalue weighted by Gasteiger charge is -2.24. The van der Waals surface area contributed by atoms with Crippen LogP contribution in [0.2, 0.25) is 0 Å². The van der Waals surface area contributed by atoms with Crippen LogP contribution in [-0.4, -0.2) is 37.0 Å². The first-order valence-electron chi connectivity index (χ1n) is 12.3. The largest absolute Gasteiger partial charge is 0.514 e. The molecule has 0 heterocycles. The van der Waals surface area contributed by atoms with Crippen LogP contribution in [0.5, 0.6) is 5.75 Å². The van der Waals surface area contributed by atoms with Gasteiger partial charge in [0.2, 0.25) is 0 Å². The Hall–Kier alpha value is -1.80. The van der Waals surface area contributed by atoms with Gasteiger partial charge in [0, 0.05) is 12.2 Å². The molecule has 0 saturated heterocycles. The zero-order valence-electron chi connectivity index (χ0n) is 20.6. The van der Waals surface area contributed by atoms with E-state index in [0.717, 1.165) is 24.9 Å². The van der Waals surface area contributed by atoms with Gasteiger partial charge in [-0.2, -0.15) is 8.42 Å². The standard InChI is InChI=1S/C25H43NO6S/c1-4-5-6-7-8-9-10-11-12-19-25(2,3)32-24(27)31-23-17-15-22(16-18-23)26-20-13-14-21-33(28,29)30/h15-18,26H,4-14,19-21H2,1-3H3,(H,28,29,30). The van der Waals surface area contributed by atoms with Gasteiger partial charge in [-0.3, -0.25) is 4.55 Å². The smallest absolute Gasteiger partial charge is 0.428 e. The topological polar surface area (TPSA) is 102 Å². The summed E-state index contributed by atoms with van der Waals surface area (Å²) in [5.41, 5.74) is 0.259. The number of anilines is 1. The average Bonchev–Trinajstić information content (AvgIpc) is 2.72. The van der Waals surface area contributed by atoms with Crippen molar-refractivity contribution in [1.82, 2.24) is 0 Å². The second-order valence-corrected chi connectivity index (χ2v) is 10.8. The molecular weight excluding hydrogens is 442 g/mol. The molecule has 0 aromatic heterocycles. The monoisotopic (exact) mass is 485 g/mol. The van der Waals surface area contributed by atoms with Gasteiger partial charge in [0.05, 0.1) is 5.75 Å². The van der Waals surface area contributed by atoms with Gasteiger partial charge in [-0.05, 0) is 63.8 Å². The highest BCUT2D eigenvalue weighted by Gasteiger charge is 2.23. The Morgan fingerprint density at radius 2 is 1.48 bits per heavy atom. The van der Waals surface area contributed by atoms with Crippen LogP contribution >= 0.6 is 0 Å². The van der Waals surface area contributed by atoms with Crippen molar-refractivity contribution in [2.45, 2.75) is 103 Å². The minimum Gasteiger partial charge on any atom is -0.428 e. The van der Waals surface area contributed by atoms with E-state index in [1.54, 1.807) is 24.3 Å². The molecule has 0 spiro atoms. The highest BCUT2D eigenvalue weighted by Crippen LogP contribution is 2.22. The second kappa shape index (κ2) is 15.9. The summed E-state index contributed by atoms with van der Waals surface area (Å²) < 4.78 is 40.9. The van der Waals surface area contributed by atoms with Gasteiger partial charge in [-0.1, -0.05) is 58.3 Å². The number of hydrogen-bond donors (Lipinski definition) is 2. The number of carbonyl (C=O) groups excluding carboxylic acids is 1. The highest BCUT2D eigenvalue weighted by atomic mass is 32.2. The minimum atomic E-state index is -3.90. The molecule has 0 radical (unpaired) electrons. The molecule has 0 saturated carbocycles. The summed E-state index contributed by atoms with van der Waals surface area (Å²) in [7, 11) is -3.90. The van der Waals surface area contributed by atoms with Crippen molar-refractivity contribution in [3.05, 3.63) is 24.3 Å². The fraction of sp³-hybridized carbons (Fsp3) is 0.720. The number of nitrogens with one attached hydrogen (secondary N) is 1. The zero-order chi connectivity index (χ0) is 24.6. The molecular formula is C25H43NO6S. The maximum Gasteiger partial charge on any atom is 0.514 e. The Balaban J connectivity index is 2.21. The van der Waals surface area contributed by atoms with E-state index >= 15 is 0 Å². The maximum atomic E-state index is 12.2. The quantitative estimate of drug-likeness (QED) is 0.100. The van der Waals surface area contributed by atoms with E-state index in [9.17, 15) is 13.2 Å². The summed E-state index contributed by atoms with van der Waals surface area (Å²) in [6.45, 7) is 6.63. The Kier molecular flexibility index (Phi) is 14.1. The first-order chi connectivity index (χ1) is 15.6. The molecule has 190 valence electrons.